The van der Waals surface area contributed by atoms with Crippen molar-refractivity contribution in [3.63, 3.8) is 0 Å². The Labute approximate surface area is 149 Å². The number of aromatic nitrogens is 3. The fraction of sp³-hybridized carbons (Fsp3) is 0.263. The lowest BCUT2D eigenvalue weighted by Crippen LogP contribution is -2.40. The minimum atomic E-state index is -0.277. The summed E-state index contributed by atoms with van der Waals surface area (Å²) in [6.45, 7) is 0. The van der Waals surface area contributed by atoms with Crippen molar-refractivity contribution in [3.05, 3.63) is 69.8 Å². The second-order valence-corrected chi connectivity index (χ2v) is 6.43. The lowest BCUT2D eigenvalue weighted by atomic mass is 9.92. The van der Waals surface area contributed by atoms with Crippen molar-refractivity contribution in [2.24, 2.45) is 7.05 Å². The lowest BCUT2D eigenvalue weighted by Gasteiger charge is -2.24. The number of hydrogen-bond donors (Lipinski definition) is 1. The minimum Gasteiger partial charge on any atom is -0.355 e. The van der Waals surface area contributed by atoms with E-state index < -0.39 is 0 Å². The number of amides is 1. The Morgan fingerprint density at radius 3 is 2.88 bits per heavy atom. The van der Waals surface area contributed by atoms with E-state index in [0.717, 1.165) is 29.7 Å². The maximum Gasteiger partial charge on any atom is 0.273 e. The normalized spacial score (nSPS) is 16.1. The summed E-state index contributed by atoms with van der Waals surface area (Å²) in [5.74, 6) is 0.276. The molecule has 3 aromatic rings. The van der Waals surface area contributed by atoms with Gasteiger partial charge in [-0.05, 0) is 24.8 Å². The van der Waals surface area contributed by atoms with Crippen molar-refractivity contribution >= 4 is 5.91 Å². The number of aryl methyl sites for hydroxylation is 2. The molecule has 0 bridgehead atoms. The molecule has 26 heavy (non-hydrogen) atoms. The van der Waals surface area contributed by atoms with Gasteiger partial charge >= 0.3 is 0 Å². The van der Waals surface area contributed by atoms with E-state index in [4.69, 9.17) is 4.52 Å². The molecule has 0 saturated carbocycles. The van der Waals surface area contributed by atoms with Gasteiger partial charge in [0.05, 0.1) is 5.69 Å². The first-order valence-electron chi connectivity index (χ1n) is 8.49. The average molecular weight is 350 g/mol. The van der Waals surface area contributed by atoms with E-state index in [9.17, 15) is 9.59 Å². The molecular formula is C19H18N4O3. The number of carbonyl (C=O) groups excluding carboxylic acids is 1. The van der Waals surface area contributed by atoms with E-state index in [1.807, 2.05) is 30.3 Å². The van der Waals surface area contributed by atoms with Crippen molar-refractivity contribution in [1.29, 1.82) is 0 Å². The van der Waals surface area contributed by atoms with Crippen LogP contribution in [0.25, 0.3) is 11.3 Å². The number of hydrogen-bond acceptors (Lipinski definition) is 5. The highest BCUT2D eigenvalue weighted by atomic mass is 16.5. The summed E-state index contributed by atoms with van der Waals surface area (Å²) in [6.07, 6.45) is 2.09. The third-order valence-corrected chi connectivity index (χ3v) is 4.59. The van der Waals surface area contributed by atoms with E-state index in [0.29, 0.717) is 12.2 Å². The van der Waals surface area contributed by atoms with Crippen molar-refractivity contribution in [2.45, 2.75) is 25.3 Å². The fourth-order valence-electron chi connectivity index (χ4n) is 3.19. The molecule has 1 unspecified atom stereocenters. The number of rotatable bonds is 3. The van der Waals surface area contributed by atoms with Crippen molar-refractivity contribution < 1.29 is 9.32 Å². The van der Waals surface area contributed by atoms with Gasteiger partial charge in [-0.25, -0.2) is 4.68 Å². The quantitative estimate of drug-likeness (QED) is 0.777. The number of fused-ring (bicyclic) bond motifs is 1. The van der Waals surface area contributed by atoms with Gasteiger partial charge in [-0.2, -0.15) is 5.10 Å². The number of benzene rings is 1. The van der Waals surface area contributed by atoms with Crippen LogP contribution < -0.4 is 10.9 Å². The molecule has 4 rings (SSSR count). The molecule has 1 aromatic carbocycles. The lowest BCUT2D eigenvalue weighted by molar-refractivity contribution is 0.0924. The van der Waals surface area contributed by atoms with Crippen LogP contribution in [0, 0.1) is 0 Å². The van der Waals surface area contributed by atoms with Gasteiger partial charge in [0.1, 0.15) is 0 Å². The van der Waals surface area contributed by atoms with Crippen LogP contribution in [0.5, 0.6) is 0 Å². The second-order valence-electron chi connectivity index (χ2n) is 6.43. The van der Waals surface area contributed by atoms with Crippen molar-refractivity contribution in [1.82, 2.24) is 20.3 Å². The van der Waals surface area contributed by atoms with Crippen LogP contribution in [0.1, 0.15) is 28.2 Å². The van der Waals surface area contributed by atoms with Crippen LogP contribution in [-0.4, -0.2) is 26.9 Å². The summed E-state index contributed by atoms with van der Waals surface area (Å²) >= 11 is 0. The van der Waals surface area contributed by atoms with Crippen LogP contribution in [0.15, 0.2) is 51.8 Å². The van der Waals surface area contributed by atoms with E-state index in [1.165, 1.54) is 4.68 Å². The first-order chi connectivity index (χ1) is 12.6. The maximum atomic E-state index is 12.5. The Morgan fingerprint density at radius 2 is 2.08 bits per heavy atom. The van der Waals surface area contributed by atoms with Crippen LogP contribution in [0.3, 0.4) is 0 Å². The molecule has 1 aliphatic rings. The number of carbonyl (C=O) groups is 1. The van der Waals surface area contributed by atoms with Crippen LogP contribution in [-0.2, 0) is 19.9 Å². The van der Waals surface area contributed by atoms with E-state index in [1.54, 1.807) is 19.2 Å². The molecular weight excluding hydrogens is 332 g/mol. The van der Waals surface area contributed by atoms with E-state index in [2.05, 4.69) is 15.6 Å². The summed E-state index contributed by atoms with van der Waals surface area (Å²) in [6, 6.07) is 12.7. The molecule has 0 radical (unpaired) electrons. The molecule has 1 amide bonds. The highest BCUT2D eigenvalue weighted by Crippen LogP contribution is 2.21. The van der Waals surface area contributed by atoms with Gasteiger partial charge in [0.15, 0.2) is 11.5 Å². The Morgan fingerprint density at radius 1 is 1.27 bits per heavy atom. The molecule has 0 spiro atoms. The predicted octanol–water partition coefficient (Wildman–Crippen LogP) is 1.72. The smallest absolute Gasteiger partial charge is 0.273 e. The largest absolute Gasteiger partial charge is 0.355 e. The standard InChI is InChI=1S/C19H18N4O3/c1-23-18(24)10-13-9-14(7-8-15(13)21-23)20-19(25)16-11-17(26-22-16)12-5-3-2-4-6-12/h2-6,10-11,14H,7-9H2,1H3,(H,20,25). The zero-order valence-electron chi connectivity index (χ0n) is 14.3. The third kappa shape index (κ3) is 3.15. The Kier molecular flexibility index (Phi) is 4.12. The highest BCUT2D eigenvalue weighted by molar-refractivity contribution is 5.93. The third-order valence-electron chi connectivity index (χ3n) is 4.59. The molecule has 0 fully saturated rings. The van der Waals surface area contributed by atoms with Crippen molar-refractivity contribution in [3.8, 4) is 11.3 Å². The number of nitrogens with zero attached hydrogens (tertiary/aromatic N) is 3. The SMILES string of the molecule is Cn1nc2c(cc1=O)CC(NC(=O)c1cc(-c3ccccc3)on1)CC2. The van der Waals surface area contributed by atoms with Crippen LogP contribution in [0.4, 0.5) is 0 Å². The molecule has 0 aliphatic heterocycles. The summed E-state index contributed by atoms with van der Waals surface area (Å²) in [5.41, 5.74) is 2.80. The Bertz CT molecular complexity index is 1010. The zero-order valence-corrected chi connectivity index (χ0v) is 14.3. The molecule has 132 valence electrons. The molecule has 7 nitrogen and oxygen atoms in total. The fourth-order valence-corrected chi connectivity index (χ4v) is 3.19. The molecule has 1 atom stereocenters. The van der Waals surface area contributed by atoms with Gasteiger partial charge in [-0.15, -0.1) is 0 Å². The van der Waals surface area contributed by atoms with Crippen LogP contribution >= 0.6 is 0 Å². The van der Waals surface area contributed by atoms with Gasteiger partial charge in [0.2, 0.25) is 0 Å². The summed E-state index contributed by atoms with van der Waals surface area (Å²) in [7, 11) is 1.64. The van der Waals surface area contributed by atoms with Crippen molar-refractivity contribution in [2.75, 3.05) is 0 Å². The van der Waals surface area contributed by atoms with Crippen LogP contribution in [0.2, 0.25) is 0 Å². The summed E-state index contributed by atoms with van der Waals surface area (Å²) < 4.78 is 6.63. The Hall–Kier alpha value is -3.22. The van der Waals surface area contributed by atoms with Gasteiger partial charge < -0.3 is 9.84 Å². The second kappa shape index (κ2) is 6.59. The Balaban J connectivity index is 1.46. The van der Waals surface area contributed by atoms with Gasteiger partial charge in [0.25, 0.3) is 11.5 Å². The first-order valence-corrected chi connectivity index (χ1v) is 8.49. The van der Waals surface area contributed by atoms with Gasteiger partial charge in [-0.3, -0.25) is 9.59 Å². The topological polar surface area (TPSA) is 90.0 Å². The zero-order chi connectivity index (χ0) is 18.1. The highest BCUT2D eigenvalue weighted by Gasteiger charge is 2.24. The minimum absolute atomic E-state index is 0.0548. The molecule has 2 aromatic heterocycles. The molecule has 7 heteroatoms. The van der Waals surface area contributed by atoms with Gasteiger partial charge in [0, 0.05) is 30.8 Å². The molecule has 1 N–H and O–H groups in total. The predicted molar refractivity (Wildman–Crippen MR) is 94.7 cm³/mol. The van der Waals surface area contributed by atoms with E-state index >= 15 is 0 Å². The maximum absolute atomic E-state index is 12.5. The summed E-state index contributed by atoms with van der Waals surface area (Å²) in [4.78, 5) is 24.2. The average Bonchev–Trinajstić information content (AvgIpc) is 3.14. The molecule has 2 heterocycles. The monoisotopic (exact) mass is 350 g/mol. The van der Waals surface area contributed by atoms with E-state index in [-0.39, 0.29) is 23.2 Å². The first kappa shape index (κ1) is 16.3. The van der Waals surface area contributed by atoms with Gasteiger partial charge in [-0.1, -0.05) is 35.5 Å². The summed E-state index contributed by atoms with van der Waals surface area (Å²) in [5, 5.41) is 11.1. The molecule has 0 saturated heterocycles. The number of nitrogens with one attached hydrogen (secondary N) is 1. The molecule has 1 aliphatic carbocycles.